The lowest BCUT2D eigenvalue weighted by molar-refractivity contribution is -0.284. The van der Waals surface area contributed by atoms with Crippen LogP contribution in [0.25, 0.3) is 0 Å². The molecule has 0 heterocycles. The van der Waals surface area contributed by atoms with Gasteiger partial charge in [0.2, 0.25) is 23.8 Å². The molecule has 6 N–H and O–H groups in total. The molecule has 0 bridgehead atoms. The second-order valence-electron chi connectivity index (χ2n) is 4.23. The number of carbonyl (C=O) groups is 4. The Kier molecular flexibility index (Phi) is 9.26. The van der Waals surface area contributed by atoms with Gasteiger partial charge >= 0.3 is 11.9 Å². The Morgan fingerprint density at radius 3 is 2.35 bits per heavy atom. The van der Waals surface area contributed by atoms with E-state index in [1.54, 1.807) is 0 Å². The number of hydrogen-bond acceptors (Lipinski definition) is 8. The van der Waals surface area contributed by atoms with E-state index in [1.165, 1.54) is 0 Å². The van der Waals surface area contributed by atoms with E-state index in [4.69, 9.17) is 15.9 Å². The summed E-state index contributed by atoms with van der Waals surface area (Å²) >= 11 is 0.154. The van der Waals surface area contributed by atoms with E-state index in [1.807, 2.05) is 5.32 Å². The standard InChI is InChI=1S/C10H16N4O8S/c11-5(10(19)20)1-2-7(15)13-6(4-23-14(21)22)9(18)12-3-8(16)17/h5-6H,1-4,11H2,(H,12,18)(H,13,15)(H,16,17)(H,19,20)/t5-,6-/m1/s1. The zero-order chi connectivity index (χ0) is 18.0. The van der Waals surface area contributed by atoms with Crippen molar-refractivity contribution < 1.29 is 33.7 Å². The van der Waals surface area contributed by atoms with Crippen molar-refractivity contribution in [3.05, 3.63) is 10.1 Å². The van der Waals surface area contributed by atoms with Gasteiger partial charge in [-0.3, -0.25) is 29.3 Å². The van der Waals surface area contributed by atoms with E-state index < -0.39 is 52.5 Å². The molecule has 0 aromatic rings. The van der Waals surface area contributed by atoms with Crippen LogP contribution < -0.4 is 16.4 Å². The molecule has 0 aromatic heterocycles. The molecular formula is C10H16N4O8S. The minimum Gasteiger partial charge on any atom is -0.480 e. The van der Waals surface area contributed by atoms with E-state index in [0.717, 1.165) is 0 Å². The third-order valence-electron chi connectivity index (χ3n) is 2.41. The molecule has 0 saturated carbocycles. The maximum absolute atomic E-state index is 11.7. The van der Waals surface area contributed by atoms with Crippen LogP contribution in [0.4, 0.5) is 0 Å². The quantitative estimate of drug-likeness (QED) is 0.154. The van der Waals surface area contributed by atoms with Gasteiger partial charge in [0.25, 0.3) is 0 Å². The predicted molar refractivity (Wildman–Crippen MR) is 76.9 cm³/mol. The summed E-state index contributed by atoms with van der Waals surface area (Å²) in [4.78, 5) is 54.5. The number of aliphatic carboxylic acids is 2. The Hall–Kier alpha value is -2.41. The van der Waals surface area contributed by atoms with Crippen molar-refractivity contribution in [3.8, 4) is 0 Å². The number of nitro groups is 1. The Bertz CT molecular complexity index is 485. The van der Waals surface area contributed by atoms with Gasteiger partial charge in [-0.1, -0.05) is 0 Å². The van der Waals surface area contributed by atoms with E-state index in [-0.39, 0.29) is 24.8 Å². The third-order valence-corrected chi connectivity index (χ3v) is 3.10. The first-order valence-electron chi connectivity index (χ1n) is 6.18. The fourth-order valence-electron chi connectivity index (χ4n) is 1.28. The summed E-state index contributed by atoms with van der Waals surface area (Å²) in [6.45, 7) is -0.710. The van der Waals surface area contributed by atoms with Gasteiger partial charge in [-0.25, -0.2) is 0 Å². The van der Waals surface area contributed by atoms with Crippen LogP contribution >= 0.6 is 11.9 Å². The number of carboxylic acids is 2. The van der Waals surface area contributed by atoms with Gasteiger partial charge < -0.3 is 26.6 Å². The Morgan fingerprint density at radius 2 is 1.87 bits per heavy atom. The predicted octanol–water partition coefficient (Wildman–Crippen LogP) is -2.21. The fourth-order valence-corrected chi connectivity index (χ4v) is 1.79. The van der Waals surface area contributed by atoms with Crippen LogP contribution in [0, 0.1) is 10.1 Å². The molecule has 2 amide bonds. The summed E-state index contributed by atoms with van der Waals surface area (Å²) in [5.74, 6) is -4.68. The van der Waals surface area contributed by atoms with Crippen molar-refractivity contribution in [1.29, 1.82) is 0 Å². The molecule has 23 heavy (non-hydrogen) atoms. The van der Waals surface area contributed by atoms with Gasteiger partial charge in [0.1, 0.15) is 23.0 Å². The van der Waals surface area contributed by atoms with Crippen LogP contribution in [0.3, 0.4) is 0 Å². The molecule has 0 unspecified atom stereocenters. The smallest absolute Gasteiger partial charge is 0.322 e. The molecule has 0 radical (unpaired) electrons. The van der Waals surface area contributed by atoms with E-state index >= 15 is 0 Å². The summed E-state index contributed by atoms with van der Waals surface area (Å²) < 4.78 is -0.774. The molecule has 0 saturated heterocycles. The fraction of sp³-hybridized carbons (Fsp3) is 0.600. The molecule has 2 atom stereocenters. The van der Waals surface area contributed by atoms with Crippen LogP contribution in [0.2, 0.25) is 0 Å². The lowest BCUT2D eigenvalue weighted by atomic mass is 10.1. The number of nitrogens with zero attached hydrogens (tertiary/aromatic N) is 1. The lowest BCUT2D eigenvalue weighted by Gasteiger charge is -2.16. The van der Waals surface area contributed by atoms with Crippen molar-refractivity contribution >= 4 is 35.7 Å². The molecule has 0 aliphatic heterocycles. The highest BCUT2D eigenvalue weighted by atomic mass is 32.2. The van der Waals surface area contributed by atoms with E-state index in [9.17, 15) is 29.3 Å². The summed E-state index contributed by atoms with van der Waals surface area (Å²) in [6, 6.07) is -2.59. The van der Waals surface area contributed by atoms with Crippen molar-refractivity contribution in [3.63, 3.8) is 0 Å². The SMILES string of the molecule is N[C@H](CCC(=O)N[C@H](CS[N+](=O)[O-])C(=O)NCC(=O)O)C(=O)O. The number of nitrogens with one attached hydrogen (secondary N) is 2. The van der Waals surface area contributed by atoms with Gasteiger partial charge in [-0.05, 0) is 6.42 Å². The summed E-state index contributed by atoms with van der Waals surface area (Å²) in [7, 11) is 0. The van der Waals surface area contributed by atoms with Crippen LogP contribution in [-0.4, -0.2) is 62.7 Å². The van der Waals surface area contributed by atoms with Crippen LogP contribution in [0.15, 0.2) is 0 Å². The number of amides is 2. The highest BCUT2D eigenvalue weighted by Gasteiger charge is 2.25. The normalized spacial score (nSPS) is 12.7. The van der Waals surface area contributed by atoms with Gasteiger partial charge in [-0.15, -0.1) is 0 Å². The van der Waals surface area contributed by atoms with Gasteiger partial charge in [0.15, 0.2) is 0 Å². The number of carbonyl (C=O) groups excluding carboxylic acids is 2. The number of rotatable bonds is 11. The maximum atomic E-state index is 11.7. The first-order valence-corrected chi connectivity index (χ1v) is 7.12. The minimum absolute atomic E-state index is 0.154. The van der Waals surface area contributed by atoms with Gasteiger partial charge in [0.05, 0.1) is 5.75 Å². The first kappa shape index (κ1) is 20.6. The van der Waals surface area contributed by atoms with Crippen molar-refractivity contribution in [2.24, 2.45) is 5.73 Å². The third kappa shape index (κ3) is 10.0. The topological polar surface area (TPSA) is 202 Å². The number of carboxylic acid groups (broad SMARTS) is 2. The summed E-state index contributed by atoms with van der Waals surface area (Å²) in [5.41, 5.74) is 5.22. The molecule has 130 valence electrons. The monoisotopic (exact) mass is 352 g/mol. The van der Waals surface area contributed by atoms with Crippen molar-refractivity contribution in [2.45, 2.75) is 24.9 Å². The molecular weight excluding hydrogens is 336 g/mol. The first-order chi connectivity index (χ1) is 10.6. The van der Waals surface area contributed by atoms with Crippen LogP contribution in [0.1, 0.15) is 12.8 Å². The van der Waals surface area contributed by atoms with Crippen LogP contribution in [0.5, 0.6) is 0 Å². The van der Waals surface area contributed by atoms with Gasteiger partial charge in [-0.2, -0.15) is 0 Å². The molecule has 0 aliphatic carbocycles. The zero-order valence-corrected chi connectivity index (χ0v) is 12.6. The van der Waals surface area contributed by atoms with Crippen LogP contribution in [-0.2, 0) is 19.2 Å². The lowest BCUT2D eigenvalue weighted by Crippen LogP contribution is -2.49. The number of hydrogen-bond donors (Lipinski definition) is 5. The maximum Gasteiger partial charge on any atom is 0.322 e. The van der Waals surface area contributed by atoms with Crippen molar-refractivity contribution in [2.75, 3.05) is 12.3 Å². The molecule has 0 aromatic carbocycles. The number of nitrogens with two attached hydrogens (primary N) is 1. The Morgan fingerprint density at radius 1 is 1.26 bits per heavy atom. The average molecular weight is 352 g/mol. The highest BCUT2D eigenvalue weighted by molar-refractivity contribution is 7.93. The molecule has 13 heteroatoms. The molecule has 12 nitrogen and oxygen atoms in total. The zero-order valence-electron chi connectivity index (χ0n) is 11.8. The van der Waals surface area contributed by atoms with Crippen molar-refractivity contribution in [1.82, 2.24) is 10.6 Å². The highest BCUT2D eigenvalue weighted by Crippen LogP contribution is 2.04. The second kappa shape index (κ2) is 10.3. The van der Waals surface area contributed by atoms with E-state index in [2.05, 4.69) is 5.32 Å². The largest absolute Gasteiger partial charge is 0.480 e. The molecule has 0 fully saturated rings. The average Bonchev–Trinajstić information content (AvgIpc) is 2.45. The second-order valence-corrected chi connectivity index (χ2v) is 5.12. The molecule has 0 aliphatic rings. The summed E-state index contributed by atoms with van der Waals surface area (Å²) in [5, 5.41) is 31.5. The Balaban J connectivity index is 4.57. The Labute approximate surface area is 134 Å². The van der Waals surface area contributed by atoms with Gasteiger partial charge in [0, 0.05) is 6.42 Å². The molecule has 0 spiro atoms. The van der Waals surface area contributed by atoms with E-state index in [0.29, 0.717) is 0 Å². The minimum atomic E-state index is -1.33. The molecule has 0 rings (SSSR count). The summed E-state index contributed by atoms with van der Waals surface area (Å²) in [6.07, 6.45) is -0.494.